The summed E-state index contributed by atoms with van der Waals surface area (Å²) in [5, 5.41) is 3.14. The number of carbonyl (C=O) groups excluding carboxylic acids is 1. The summed E-state index contributed by atoms with van der Waals surface area (Å²) in [6, 6.07) is 7.47. The molecule has 1 aliphatic rings. The van der Waals surface area contributed by atoms with Crippen LogP contribution >= 0.6 is 12.4 Å². The highest BCUT2D eigenvalue weighted by Gasteiger charge is 2.25. The number of hydrogen-bond donors (Lipinski definition) is 1. The smallest absolute Gasteiger partial charge is 0.243 e. The first-order valence-corrected chi connectivity index (χ1v) is 5.41. The van der Waals surface area contributed by atoms with Crippen LogP contribution in [0.5, 0.6) is 5.75 Å². The summed E-state index contributed by atoms with van der Waals surface area (Å²) in [7, 11) is 1.63. The summed E-state index contributed by atoms with van der Waals surface area (Å²) in [4.78, 5) is 13.7. The van der Waals surface area contributed by atoms with Crippen molar-refractivity contribution in [3.8, 4) is 5.75 Å². The lowest BCUT2D eigenvalue weighted by molar-refractivity contribution is -0.121. The lowest BCUT2D eigenvalue weighted by Gasteiger charge is -2.31. The molecule has 0 saturated carbocycles. The van der Waals surface area contributed by atoms with E-state index in [1.807, 2.05) is 31.2 Å². The van der Waals surface area contributed by atoms with Crippen LogP contribution in [0.4, 0.5) is 5.69 Å². The van der Waals surface area contributed by atoms with Crippen molar-refractivity contribution in [3.05, 3.63) is 24.3 Å². The van der Waals surface area contributed by atoms with E-state index in [9.17, 15) is 4.79 Å². The summed E-state index contributed by atoms with van der Waals surface area (Å²) in [6.07, 6.45) is 0. The molecule has 94 valence electrons. The molecule has 0 radical (unpaired) electrons. The number of benzene rings is 1. The number of nitrogens with zero attached hydrogens (tertiary/aromatic N) is 1. The van der Waals surface area contributed by atoms with Crippen LogP contribution in [-0.4, -0.2) is 32.1 Å². The number of methoxy groups -OCH3 is 1. The van der Waals surface area contributed by atoms with Crippen LogP contribution in [0.1, 0.15) is 6.92 Å². The Morgan fingerprint density at radius 3 is 2.94 bits per heavy atom. The first kappa shape index (κ1) is 13.8. The third kappa shape index (κ3) is 2.90. The summed E-state index contributed by atoms with van der Waals surface area (Å²) in [5.74, 6) is 0.885. The molecule has 5 heteroatoms. The summed E-state index contributed by atoms with van der Waals surface area (Å²) in [6.45, 7) is 3.41. The molecule has 2 rings (SSSR count). The molecule has 0 aliphatic carbocycles. The fourth-order valence-corrected chi connectivity index (χ4v) is 1.86. The average molecular weight is 257 g/mol. The predicted octanol–water partition coefficient (Wildman–Crippen LogP) is 1.44. The zero-order valence-electron chi connectivity index (χ0n) is 9.97. The lowest BCUT2D eigenvalue weighted by Crippen LogP contribution is -2.53. The molecule has 1 atom stereocenters. The minimum absolute atomic E-state index is 0. The van der Waals surface area contributed by atoms with Gasteiger partial charge in [0, 0.05) is 24.8 Å². The third-order valence-corrected chi connectivity index (χ3v) is 2.79. The zero-order valence-corrected chi connectivity index (χ0v) is 10.8. The van der Waals surface area contributed by atoms with Crippen LogP contribution in [0.3, 0.4) is 0 Å². The molecule has 1 unspecified atom stereocenters. The van der Waals surface area contributed by atoms with Gasteiger partial charge in [-0.1, -0.05) is 6.07 Å². The molecule has 1 amide bonds. The summed E-state index contributed by atoms with van der Waals surface area (Å²) >= 11 is 0. The van der Waals surface area contributed by atoms with E-state index in [4.69, 9.17) is 4.74 Å². The highest BCUT2D eigenvalue weighted by Crippen LogP contribution is 2.22. The van der Waals surface area contributed by atoms with Crippen molar-refractivity contribution < 1.29 is 9.53 Å². The quantitative estimate of drug-likeness (QED) is 0.871. The topological polar surface area (TPSA) is 41.6 Å². The van der Waals surface area contributed by atoms with Crippen molar-refractivity contribution in [2.75, 3.05) is 25.1 Å². The van der Waals surface area contributed by atoms with Crippen molar-refractivity contribution >= 4 is 24.0 Å². The molecule has 1 heterocycles. The van der Waals surface area contributed by atoms with Crippen LogP contribution < -0.4 is 15.0 Å². The molecule has 1 fully saturated rings. The van der Waals surface area contributed by atoms with Gasteiger partial charge in [0.1, 0.15) is 5.75 Å². The SMILES string of the molecule is COc1cccc(N2CCNC(C)C2=O)c1.Cl. The maximum Gasteiger partial charge on any atom is 0.243 e. The van der Waals surface area contributed by atoms with Gasteiger partial charge >= 0.3 is 0 Å². The fourth-order valence-electron chi connectivity index (χ4n) is 1.86. The Labute approximate surface area is 107 Å². The van der Waals surface area contributed by atoms with Crippen molar-refractivity contribution in [2.45, 2.75) is 13.0 Å². The van der Waals surface area contributed by atoms with E-state index in [2.05, 4.69) is 5.32 Å². The summed E-state index contributed by atoms with van der Waals surface area (Å²) in [5.41, 5.74) is 0.901. The van der Waals surface area contributed by atoms with Crippen molar-refractivity contribution in [2.24, 2.45) is 0 Å². The number of piperazine rings is 1. The van der Waals surface area contributed by atoms with Crippen molar-refractivity contribution in [1.82, 2.24) is 5.32 Å². The van der Waals surface area contributed by atoms with E-state index in [-0.39, 0.29) is 24.4 Å². The number of nitrogens with one attached hydrogen (secondary N) is 1. The van der Waals surface area contributed by atoms with Crippen LogP contribution in [0.25, 0.3) is 0 Å². The number of amides is 1. The molecule has 1 aromatic carbocycles. The van der Waals surface area contributed by atoms with Crippen molar-refractivity contribution in [1.29, 1.82) is 0 Å². The van der Waals surface area contributed by atoms with Crippen LogP contribution in [0.15, 0.2) is 24.3 Å². The van der Waals surface area contributed by atoms with Crippen LogP contribution in [0.2, 0.25) is 0 Å². The van der Waals surface area contributed by atoms with E-state index < -0.39 is 0 Å². The van der Waals surface area contributed by atoms with Crippen LogP contribution in [0, 0.1) is 0 Å². The molecule has 0 bridgehead atoms. The van der Waals surface area contributed by atoms with Gasteiger partial charge in [-0.15, -0.1) is 12.4 Å². The summed E-state index contributed by atoms with van der Waals surface area (Å²) < 4.78 is 5.15. The van der Waals surface area contributed by atoms with Gasteiger partial charge in [-0.3, -0.25) is 4.79 Å². The maximum absolute atomic E-state index is 11.9. The number of halogens is 1. The van der Waals surface area contributed by atoms with Crippen LogP contribution in [-0.2, 0) is 4.79 Å². The average Bonchev–Trinajstić information content (AvgIpc) is 2.33. The number of ether oxygens (including phenoxy) is 1. The van der Waals surface area contributed by atoms with Gasteiger partial charge in [0.05, 0.1) is 13.2 Å². The molecule has 0 spiro atoms. The largest absolute Gasteiger partial charge is 0.497 e. The minimum atomic E-state index is -0.111. The number of hydrogen-bond acceptors (Lipinski definition) is 3. The Kier molecular flexibility index (Phi) is 4.78. The van der Waals surface area contributed by atoms with Gasteiger partial charge in [-0.25, -0.2) is 0 Å². The first-order valence-electron chi connectivity index (χ1n) is 5.41. The van der Waals surface area contributed by atoms with Gasteiger partial charge in [0.2, 0.25) is 5.91 Å². The van der Waals surface area contributed by atoms with E-state index in [1.165, 1.54) is 0 Å². The minimum Gasteiger partial charge on any atom is -0.497 e. The standard InChI is InChI=1S/C12H16N2O2.ClH/c1-9-12(15)14(7-6-13-9)10-4-3-5-11(8-10)16-2;/h3-5,8-9,13H,6-7H2,1-2H3;1H. The Morgan fingerprint density at radius 2 is 2.24 bits per heavy atom. The molecular weight excluding hydrogens is 240 g/mol. The lowest BCUT2D eigenvalue weighted by atomic mass is 10.2. The van der Waals surface area contributed by atoms with E-state index in [1.54, 1.807) is 12.0 Å². The second kappa shape index (κ2) is 5.89. The van der Waals surface area contributed by atoms with Gasteiger partial charge < -0.3 is 15.0 Å². The van der Waals surface area contributed by atoms with Gasteiger partial charge in [0.15, 0.2) is 0 Å². The number of carbonyl (C=O) groups is 1. The Morgan fingerprint density at radius 1 is 1.47 bits per heavy atom. The Hall–Kier alpha value is -1.26. The van der Waals surface area contributed by atoms with Gasteiger partial charge in [-0.2, -0.15) is 0 Å². The van der Waals surface area contributed by atoms with E-state index in [0.29, 0.717) is 6.54 Å². The molecule has 17 heavy (non-hydrogen) atoms. The number of rotatable bonds is 2. The second-order valence-corrected chi connectivity index (χ2v) is 3.87. The van der Waals surface area contributed by atoms with Gasteiger partial charge in [0.25, 0.3) is 0 Å². The zero-order chi connectivity index (χ0) is 11.5. The molecule has 1 aliphatic heterocycles. The molecule has 4 nitrogen and oxygen atoms in total. The first-order chi connectivity index (χ1) is 7.72. The normalized spacial score (nSPS) is 19.8. The Balaban J connectivity index is 0.00000144. The van der Waals surface area contributed by atoms with E-state index >= 15 is 0 Å². The molecule has 1 aromatic rings. The highest BCUT2D eigenvalue weighted by atomic mass is 35.5. The number of anilines is 1. The monoisotopic (exact) mass is 256 g/mol. The molecule has 1 saturated heterocycles. The molecular formula is C12H17ClN2O2. The highest BCUT2D eigenvalue weighted by molar-refractivity contribution is 5.97. The fraction of sp³-hybridized carbons (Fsp3) is 0.417. The second-order valence-electron chi connectivity index (χ2n) is 3.87. The third-order valence-electron chi connectivity index (χ3n) is 2.79. The van der Waals surface area contributed by atoms with Gasteiger partial charge in [-0.05, 0) is 19.1 Å². The Bertz CT molecular complexity index is 398. The predicted molar refractivity (Wildman–Crippen MR) is 70.1 cm³/mol. The molecule has 0 aromatic heterocycles. The maximum atomic E-state index is 11.9. The van der Waals surface area contributed by atoms with Crippen molar-refractivity contribution in [3.63, 3.8) is 0 Å². The van der Waals surface area contributed by atoms with E-state index in [0.717, 1.165) is 18.0 Å². The molecule has 1 N–H and O–H groups in total.